The molecule has 0 radical (unpaired) electrons. The Labute approximate surface area is 80.8 Å². The molecule has 0 bridgehead atoms. The Kier molecular flexibility index (Phi) is 4.70. The van der Waals surface area contributed by atoms with Crippen molar-refractivity contribution in [1.82, 2.24) is 5.32 Å². The van der Waals surface area contributed by atoms with Crippen LogP contribution in [0.1, 0.15) is 19.8 Å². The summed E-state index contributed by atoms with van der Waals surface area (Å²) in [7, 11) is 3.76. The minimum absolute atomic E-state index is 0.261. The molecule has 3 atom stereocenters. The number of rotatable bonds is 4. The molecule has 1 aliphatic rings. The normalized spacial score (nSPS) is 28.4. The van der Waals surface area contributed by atoms with E-state index in [1.807, 2.05) is 7.05 Å². The van der Waals surface area contributed by atoms with Gasteiger partial charge in [-0.25, -0.2) is 0 Å². The number of methoxy groups -OCH3 is 1. The van der Waals surface area contributed by atoms with E-state index in [1.165, 1.54) is 12.8 Å². The van der Waals surface area contributed by atoms with Crippen molar-refractivity contribution in [2.45, 2.75) is 31.9 Å². The number of likely N-dealkylation sites (N-methyl/N-ethyl adjacent to an activating group) is 1. The van der Waals surface area contributed by atoms with Crippen molar-refractivity contribution in [3.8, 4) is 0 Å². The summed E-state index contributed by atoms with van der Waals surface area (Å²) in [6, 6.07) is 0.422. The van der Waals surface area contributed by atoms with Crippen molar-refractivity contribution in [3.63, 3.8) is 0 Å². The van der Waals surface area contributed by atoms with Crippen molar-refractivity contribution in [3.05, 3.63) is 0 Å². The monoisotopic (exact) mass is 187 g/mol. The summed E-state index contributed by atoms with van der Waals surface area (Å²) in [6.07, 6.45) is 2.69. The molecule has 1 saturated heterocycles. The quantitative estimate of drug-likeness (QED) is 0.713. The van der Waals surface area contributed by atoms with E-state index >= 15 is 0 Å². The Morgan fingerprint density at radius 1 is 1.54 bits per heavy atom. The first kappa shape index (κ1) is 11.0. The molecule has 1 fully saturated rings. The molecule has 1 N–H and O–H groups in total. The van der Waals surface area contributed by atoms with Gasteiger partial charge in [0.05, 0.1) is 12.7 Å². The SMILES string of the molecule is CNC(C1CCCOC1)C(C)OC. The molecule has 0 saturated carbocycles. The Hall–Kier alpha value is -0.120. The van der Waals surface area contributed by atoms with E-state index in [0.717, 1.165) is 13.2 Å². The molecule has 13 heavy (non-hydrogen) atoms. The fourth-order valence-electron chi connectivity index (χ4n) is 2.05. The highest BCUT2D eigenvalue weighted by Gasteiger charge is 2.27. The lowest BCUT2D eigenvalue weighted by atomic mass is 9.90. The van der Waals surface area contributed by atoms with Crippen molar-refractivity contribution in [2.75, 3.05) is 27.4 Å². The first-order valence-electron chi connectivity index (χ1n) is 5.07. The third-order valence-electron chi connectivity index (χ3n) is 2.91. The van der Waals surface area contributed by atoms with Crippen molar-refractivity contribution >= 4 is 0 Å². The first-order chi connectivity index (χ1) is 6.29. The Balaban J connectivity index is 2.43. The zero-order chi connectivity index (χ0) is 9.68. The molecule has 3 nitrogen and oxygen atoms in total. The minimum atomic E-state index is 0.261. The molecule has 0 aromatic heterocycles. The summed E-state index contributed by atoms with van der Waals surface area (Å²) in [4.78, 5) is 0. The van der Waals surface area contributed by atoms with Gasteiger partial charge in [0, 0.05) is 25.7 Å². The van der Waals surface area contributed by atoms with Crippen molar-refractivity contribution < 1.29 is 9.47 Å². The van der Waals surface area contributed by atoms with Crippen LogP contribution in [0.3, 0.4) is 0 Å². The molecule has 1 aliphatic heterocycles. The van der Waals surface area contributed by atoms with Gasteiger partial charge < -0.3 is 14.8 Å². The molecular weight excluding hydrogens is 166 g/mol. The molecule has 0 aromatic carbocycles. The van der Waals surface area contributed by atoms with Crippen LogP contribution in [-0.4, -0.2) is 39.5 Å². The lowest BCUT2D eigenvalue weighted by Crippen LogP contribution is -2.46. The predicted molar refractivity (Wildman–Crippen MR) is 52.9 cm³/mol. The Morgan fingerprint density at radius 3 is 2.77 bits per heavy atom. The van der Waals surface area contributed by atoms with Gasteiger partial charge in [0.2, 0.25) is 0 Å². The molecule has 0 aromatic rings. The maximum Gasteiger partial charge on any atom is 0.0699 e. The highest BCUT2D eigenvalue weighted by atomic mass is 16.5. The summed E-state index contributed by atoms with van der Waals surface area (Å²) in [5.41, 5.74) is 0. The summed E-state index contributed by atoms with van der Waals surface area (Å²) in [5.74, 6) is 0.605. The molecule has 0 aliphatic carbocycles. The van der Waals surface area contributed by atoms with Crippen LogP contribution in [0.25, 0.3) is 0 Å². The van der Waals surface area contributed by atoms with Gasteiger partial charge in [-0.05, 0) is 26.8 Å². The molecule has 0 amide bonds. The Bertz CT molecular complexity index is 135. The molecule has 3 unspecified atom stereocenters. The van der Waals surface area contributed by atoms with E-state index in [4.69, 9.17) is 9.47 Å². The fraction of sp³-hybridized carbons (Fsp3) is 1.00. The van der Waals surface area contributed by atoms with Crippen molar-refractivity contribution in [1.29, 1.82) is 0 Å². The van der Waals surface area contributed by atoms with Crippen LogP contribution in [0.15, 0.2) is 0 Å². The van der Waals surface area contributed by atoms with Crippen LogP contribution in [0.5, 0.6) is 0 Å². The zero-order valence-corrected chi connectivity index (χ0v) is 8.88. The number of ether oxygens (including phenoxy) is 2. The van der Waals surface area contributed by atoms with Crippen LogP contribution < -0.4 is 5.32 Å². The zero-order valence-electron chi connectivity index (χ0n) is 8.88. The highest BCUT2D eigenvalue weighted by Crippen LogP contribution is 2.20. The number of hydrogen-bond acceptors (Lipinski definition) is 3. The summed E-state index contributed by atoms with van der Waals surface area (Å²) in [5, 5.41) is 3.32. The highest BCUT2D eigenvalue weighted by molar-refractivity contribution is 4.81. The molecule has 78 valence electrons. The van der Waals surface area contributed by atoms with Crippen LogP contribution in [0.2, 0.25) is 0 Å². The summed E-state index contributed by atoms with van der Waals surface area (Å²) < 4.78 is 10.8. The standard InChI is InChI=1S/C10H21NO2/c1-8(12-3)10(11-2)9-5-4-6-13-7-9/h8-11H,4-7H2,1-3H3. The maximum absolute atomic E-state index is 5.46. The van der Waals surface area contributed by atoms with Gasteiger partial charge in [-0.3, -0.25) is 0 Å². The van der Waals surface area contributed by atoms with E-state index in [1.54, 1.807) is 7.11 Å². The summed E-state index contributed by atoms with van der Waals surface area (Å²) in [6.45, 7) is 3.91. The maximum atomic E-state index is 5.46. The first-order valence-corrected chi connectivity index (χ1v) is 5.07. The van der Waals surface area contributed by atoms with E-state index in [9.17, 15) is 0 Å². The lowest BCUT2D eigenvalue weighted by molar-refractivity contribution is -0.00100. The second-order valence-corrected chi connectivity index (χ2v) is 3.73. The van der Waals surface area contributed by atoms with Gasteiger partial charge in [0.1, 0.15) is 0 Å². The Morgan fingerprint density at radius 2 is 2.31 bits per heavy atom. The average Bonchev–Trinajstić information content (AvgIpc) is 2.20. The van der Waals surface area contributed by atoms with Crippen molar-refractivity contribution in [2.24, 2.45) is 5.92 Å². The van der Waals surface area contributed by atoms with Gasteiger partial charge in [0.25, 0.3) is 0 Å². The van der Waals surface area contributed by atoms with Gasteiger partial charge in [-0.2, -0.15) is 0 Å². The molecule has 0 spiro atoms. The van der Waals surface area contributed by atoms with Gasteiger partial charge in [-0.15, -0.1) is 0 Å². The summed E-state index contributed by atoms with van der Waals surface area (Å²) >= 11 is 0. The van der Waals surface area contributed by atoms with Crippen LogP contribution in [0, 0.1) is 5.92 Å². The lowest BCUT2D eigenvalue weighted by Gasteiger charge is -2.33. The predicted octanol–water partition coefficient (Wildman–Crippen LogP) is 1.04. The largest absolute Gasteiger partial charge is 0.381 e. The third kappa shape index (κ3) is 2.93. The minimum Gasteiger partial charge on any atom is -0.381 e. The molecular formula is C10H21NO2. The smallest absolute Gasteiger partial charge is 0.0699 e. The van der Waals surface area contributed by atoms with Crippen LogP contribution in [0.4, 0.5) is 0 Å². The molecule has 1 rings (SSSR count). The fourth-order valence-corrected chi connectivity index (χ4v) is 2.05. The van der Waals surface area contributed by atoms with E-state index in [-0.39, 0.29) is 6.10 Å². The van der Waals surface area contributed by atoms with Gasteiger partial charge in [-0.1, -0.05) is 0 Å². The second kappa shape index (κ2) is 5.58. The van der Waals surface area contributed by atoms with Gasteiger partial charge in [0.15, 0.2) is 0 Å². The topological polar surface area (TPSA) is 30.5 Å². The van der Waals surface area contributed by atoms with E-state index < -0.39 is 0 Å². The number of nitrogens with one attached hydrogen (secondary N) is 1. The van der Waals surface area contributed by atoms with Crippen LogP contribution >= 0.6 is 0 Å². The third-order valence-corrected chi connectivity index (χ3v) is 2.91. The second-order valence-electron chi connectivity index (χ2n) is 3.73. The molecule has 1 heterocycles. The number of hydrogen-bond donors (Lipinski definition) is 1. The average molecular weight is 187 g/mol. The molecule has 3 heteroatoms. The van der Waals surface area contributed by atoms with Gasteiger partial charge >= 0.3 is 0 Å². The van der Waals surface area contributed by atoms with Crippen LogP contribution in [-0.2, 0) is 9.47 Å². The van der Waals surface area contributed by atoms with E-state index in [0.29, 0.717) is 12.0 Å². The van der Waals surface area contributed by atoms with E-state index in [2.05, 4.69) is 12.2 Å².